The summed E-state index contributed by atoms with van der Waals surface area (Å²) in [4.78, 5) is 13.2. The van der Waals surface area contributed by atoms with Gasteiger partial charge in [-0.1, -0.05) is 47.3 Å². The third kappa shape index (κ3) is 6.18. The number of quaternary nitrogens is 1. The van der Waals surface area contributed by atoms with Crippen molar-refractivity contribution in [2.24, 2.45) is 5.92 Å². The van der Waals surface area contributed by atoms with Crippen LogP contribution in [0, 0.1) is 5.92 Å². The highest BCUT2D eigenvalue weighted by Crippen LogP contribution is 2.22. The smallest absolute Gasteiger partial charge is 0.275 e. The van der Waals surface area contributed by atoms with Gasteiger partial charge in [-0.3, -0.25) is 4.79 Å². The summed E-state index contributed by atoms with van der Waals surface area (Å²) in [6.45, 7) is 2.29. The van der Waals surface area contributed by atoms with Crippen molar-refractivity contribution < 1.29 is 9.69 Å². The van der Waals surface area contributed by atoms with Crippen LogP contribution in [0.3, 0.4) is 0 Å². The predicted octanol–water partition coefficient (Wildman–Crippen LogP) is 2.16. The Hall–Kier alpha value is -0.870. The minimum atomic E-state index is 0.176. The molecular formula is C17H26BrN2O+. The minimum absolute atomic E-state index is 0.176. The van der Waals surface area contributed by atoms with Crippen LogP contribution in [0.4, 0.5) is 0 Å². The van der Waals surface area contributed by atoms with Gasteiger partial charge in [-0.2, -0.15) is 0 Å². The van der Waals surface area contributed by atoms with Gasteiger partial charge < -0.3 is 10.2 Å². The topological polar surface area (TPSA) is 33.5 Å². The first-order chi connectivity index (χ1) is 10.1. The molecule has 116 valence electrons. The van der Waals surface area contributed by atoms with E-state index in [2.05, 4.69) is 40.4 Å². The molecule has 21 heavy (non-hydrogen) atoms. The number of halogens is 1. The molecule has 1 aromatic rings. The molecule has 1 aromatic carbocycles. The number of carbonyl (C=O) groups is 1. The molecule has 0 spiro atoms. The zero-order valence-electron chi connectivity index (χ0n) is 12.8. The Kier molecular flexibility index (Phi) is 6.71. The van der Waals surface area contributed by atoms with Crippen LogP contribution in [0.2, 0.25) is 0 Å². The second-order valence-electron chi connectivity index (χ2n) is 6.25. The Labute approximate surface area is 136 Å². The van der Waals surface area contributed by atoms with Crippen LogP contribution in [0.15, 0.2) is 28.7 Å². The summed E-state index contributed by atoms with van der Waals surface area (Å²) < 4.78 is 1.09. The predicted molar refractivity (Wildman–Crippen MR) is 89.2 cm³/mol. The lowest BCUT2D eigenvalue weighted by Crippen LogP contribution is -3.08. The maximum atomic E-state index is 12.0. The molecule has 1 aliphatic carbocycles. The fourth-order valence-electron chi connectivity index (χ4n) is 3.00. The molecule has 0 heterocycles. The second kappa shape index (κ2) is 8.54. The first-order valence-electron chi connectivity index (χ1n) is 7.96. The largest absolute Gasteiger partial charge is 0.351 e. The number of rotatable bonds is 6. The van der Waals surface area contributed by atoms with E-state index in [-0.39, 0.29) is 5.91 Å². The standard InChI is InChI=1S/C17H25BrN2O/c1-20(12-15-7-9-16(18)10-8-15)13-17(21)19-11-14-5-3-2-4-6-14/h7-10,14H,2-6,11-13H2,1H3,(H,19,21)/p+1. The number of carbonyl (C=O) groups excluding carboxylic acids is 1. The van der Waals surface area contributed by atoms with E-state index >= 15 is 0 Å². The molecule has 1 aliphatic rings. The van der Waals surface area contributed by atoms with E-state index in [1.807, 2.05) is 12.1 Å². The van der Waals surface area contributed by atoms with Crippen molar-refractivity contribution >= 4 is 21.8 Å². The highest BCUT2D eigenvalue weighted by Gasteiger charge is 2.16. The third-order valence-electron chi connectivity index (χ3n) is 4.19. The molecule has 2 rings (SSSR count). The molecule has 0 bridgehead atoms. The number of amides is 1. The molecule has 0 radical (unpaired) electrons. The lowest BCUT2D eigenvalue weighted by molar-refractivity contribution is -0.885. The summed E-state index contributed by atoms with van der Waals surface area (Å²) in [5.74, 6) is 0.879. The first-order valence-corrected chi connectivity index (χ1v) is 8.75. The van der Waals surface area contributed by atoms with Crippen LogP contribution in [-0.4, -0.2) is 26.0 Å². The Bertz CT molecular complexity index is 441. The summed E-state index contributed by atoms with van der Waals surface area (Å²) in [6.07, 6.45) is 6.58. The molecule has 3 nitrogen and oxygen atoms in total. The summed E-state index contributed by atoms with van der Waals surface area (Å²) in [5, 5.41) is 3.11. The fourth-order valence-corrected chi connectivity index (χ4v) is 3.26. The molecule has 4 heteroatoms. The van der Waals surface area contributed by atoms with Crippen LogP contribution in [0.5, 0.6) is 0 Å². The van der Waals surface area contributed by atoms with Gasteiger partial charge in [0.15, 0.2) is 6.54 Å². The number of hydrogen-bond donors (Lipinski definition) is 2. The molecule has 1 saturated carbocycles. The molecule has 0 aromatic heterocycles. The Morgan fingerprint density at radius 1 is 1.24 bits per heavy atom. The Morgan fingerprint density at radius 2 is 1.90 bits per heavy atom. The average molecular weight is 354 g/mol. The molecule has 0 aliphatic heterocycles. The van der Waals surface area contributed by atoms with Gasteiger partial charge in [-0.25, -0.2) is 0 Å². The summed E-state index contributed by atoms with van der Waals surface area (Å²) in [5.41, 5.74) is 1.26. The van der Waals surface area contributed by atoms with Gasteiger partial charge in [0.05, 0.1) is 7.05 Å². The van der Waals surface area contributed by atoms with E-state index in [0.717, 1.165) is 17.6 Å². The van der Waals surface area contributed by atoms with E-state index in [0.29, 0.717) is 12.5 Å². The van der Waals surface area contributed by atoms with Crippen LogP contribution >= 0.6 is 15.9 Å². The van der Waals surface area contributed by atoms with Gasteiger partial charge in [0, 0.05) is 16.6 Å². The molecule has 2 N–H and O–H groups in total. The molecule has 1 atom stereocenters. The monoisotopic (exact) mass is 353 g/mol. The van der Waals surface area contributed by atoms with Crippen LogP contribution in [0.25, 0.3) is 0 Å². The summed E-state index contributed by atoms with van der Waals surface area (Å²) in [6, 6.07) is 8.30. The van der Waals surface area contributed by atoms with Gasteiger partial charge in [0.2, 0.25) is 0 Å². The minimum Gasteiger partial charge on any atom is -0.351 e. The van der Waals surface area contributed by atoms with Crippen LogP contribution < -0.4 is 10.2 Å². The van der Waals surface area contributed by atoms with Gasteiger partial charge in [0.25, 0.3) is 5.91 Å². The summed E-state index contributed by atoms with van der Waals surface area (Å²) in [7, 11) is 2.07. The zero-order chi connectivity index (χ0) is 15.1. The van der Waals surface area contributed by atoms with Gasteiger partial charge in [-0.15, -0.1) is 0 Å². The van der Waals surface area contributed by atoms with Gasteiger partial charge in [0.1, 0.15) is 6.54 Å². The summed E-state index contributed by atoms with van der Waals surface area (Å²) >= 11 is 3.44. The van der Waals surface area contributed by atoms with E-state index in [1.165, 1.54) is 42.6 Å². The van der Waals surface area contributed by atoms with Crippen molar-refractivity contribution in [1.82, 2.24) is 5.32 Å². The fraction of sp³-hybridized carbons (Fsp3) is 0.588. The van der Waals surface area contributed by atoms with Crippen molar-refractivity contribution in [3.63, 3.8) is 0 Å². The Morgan fingerprint density at radius 3 is 2.57 bits per heavy atom. The van der Waals surface area contributed by atoms with Crippen molar-refractivity contribution in [3.05, 3.63) is 34.3 Å². The molecule has 1 fully saturated rings. The number of benzene rings is 1. The maximum absolute atomic E-state index is 12.0. The number of nitrogens with one attached hydrogen (secondary N) is 2. The number of likely N-dealkylation sites (N-methyl/N-ethyl adjacent to an activating group) is 1. The van der Waals surface area contributed by atoms with Crippen LogP contribution in [0.1, 0.15) is 37.7 Å². The maximum Gasteiger partial charge on any atom is 0.275 e. The van der Waals surface area contributed by atoms with Gasteiger partial charge >= 0.3 is 0 Å². The third-order valence-corrected chi connectivity index (χ3v) is 4.72. The first kappa shape index (κ1) is 16.5. The lowest BCUT2D eigenvalue weighted by Gasteiger charge is -2.22. The molecule has 1 unspecified atom stereocenters. The Balaban J connectivity index is 1.67. The van der Waals surface area contributed by atoms with Crippen molar-refractivity contribution in [1.29, 1.82) is 0 Å². The van der Waals surface area contributed by atoms with Gasteiger partial charge in [-0.05, 0) is 30.9 Å². The second-order valence-corrected chi connectivity index (χ2v) is 7.16. The average Bonchev–Trinajstić information content (AvgIpc) is 2.48. The molecular weight excluding hydrogens is 328 g/mol. The van der Waals surface area contributed by atoms with Crippen molar-refractivity contribution in [2.75, 3.05) is 20.1 Å². The quantitative estimate of drug-likeness (QED) is 0.807. The van der Waals surface area contributed by atoms with E-state index in [4.69, 9.17) is 0 Å². The van der Waals surface area contributed by atoms with E-state index < -0.39 is 0 Å². The van der Waals surface area contributed by atoms with E-state index in [9.17, 15) is 4.79 Å². The zero-order valence-corrected chi connectivity index (χ0v) is 14.4. The molecule has 1 amide bonds. The SMILES string of the molecule is C[NH+](CC(=O)NCC1CCCCC1)Cc1ccc(Br)cc1. The van der Waals surface area contributed by atoms with Crippen molar-refractivity contribution in [2.45, 2.75) is 38.6 Å². The number of hydrogen-bond acceptors (Lipinski definition) is 1. The molecule has 0 saturated heterocycles. The van der Waals surface area contributed by atoms with Crippen molar-refractivity contribution in [3.8, 4) is 0 Å². The normalized spacial score (nSPS) is 17.4. The lowest BCUT2D eigenvalue weighted by atomic mass is 9.89. The van der Waals surface area contributed by atoms with E-state index in [1.54, 1.807) is 0 Å². The van der Waals surface area contributed by atoms with Crippen LogP contribution in [-0.2, 0) is 11.3 Å². The highest BCUT2D eigenvalue weighted by molar-refractivity contribution is 9.10. The highest BCUT2D eigenvalue weighted by atomic mass is 79.9.